The van der Waals surface area contributed by atoms with Gasteiger partial charge in [-0.25, -0.2) is 10.8 Å². The largest absolute Gasteiger partial charge is 0.350 e. The van der Waals surface area contributed by atoms with Gasteiger partial charge in [-0.3, -0.25) is 10.4 Å². The molecule has 6 heteroatoms. The van der Waals surface area contributed by atoms with Gasteiger partial charge in [-0.2, -0.15) is 0 Å². The summed E-state index contributed by atoms with van der Waals surface area (Å²) in [6.07, 6.45) is 0. The smallest absolute Gasteiger partial charge is 0.205 e. The fourth-order valence-corrected chi connectivity index (χ4v) is 1.47. The number of nitrogens with zero attached hydrogens (tertiary/aromatic N) is 2. The second kappa shape index (κ2) is 4.78. The van der Waals surface area contributed by atoms with Gasteiger partial charge >= 0.3 is 0 Å². The number of thiazole rings is 1. The number of aliphatic imine (C=N–C) groups is 1. The van der Waals surface area contributed by atoms with Crippen molar-refractivity contribution in [2.45, 2.75) is 13.5 Å². The summed E-state index contributed by atoms with van der Waals surface area (Å²) in [6, 6.07) is 0. The molecule has 0 fully saturated rings. The average molecular weight is 199 g/mol. The van der Waals surface area contributed by atoms with Crippen LogP contribution in [0.5, 0.6) is 0 Å². The number of aryl methyl sites for hydroxylation is 1. The van der Waals surface area contributed by atoms with Crippen molar-refractivity contribution in [1.29, 1.82) is 0 Å². The van der Waals surface area contributed by atoms with Gasteiger partial charge in [-0.05, 0) is 6.92 Å². The molecule has 0 radical (unpaired) electrons. The van der Waals surface area contributed by atoms with Gasteiger partial charge in [-0.15, -0.1) is 11.3 Å². The van der Waals surface area contributed by atoms with Gasteiger partial charge in [0, 0.05) is 12.4 Å². The van der Waals surface area contributed by atoms with Gasteiger partial charge in [0.25, 0.3) is 0 Å². The van der Waals surface area contributed by atoms with E-state index < -0.39 is 0 Å². The number of rotatable bonds is 2. The normalized spacial score (nSPS) is 11.5. The Morgan fingerprint density at radius 1 is 1.77 bits per heavy atom. The Labute approximate surface area is 81.1 Å². The number of nitrogens with two attached hydrogens (primary N) is 1. The molecule has 1 aromatic heterocycles. The standard InChI is InChI=1S/C7H13N5S/c1-5-11-6(4-13-5)3-10-7(9-2)12-8/h4H,3,8H2,1-2H3,(H2,9,10,12). The van der Waals surface area contributed by atoms with Crippen molar-refractivity contribution < 1.29 is 0 Å². The SMILES string of the molecule is CN=C(NN)NCc1csc(C)n1. The van der Waals surface area contributed by atoms with E-state index in [1.54, 1.807) is 18.4 Å². The maximum absolute atomic E-state index is 5.19. The second-order valence-corrected chi connectivity index (χ2v) is 3.49. The molecule has 1 heterocycles. The third-order valence-corrected chi connectivity index (χ3v) is 2.29. The van der Waals surface area contributed by atoms with E-state index >= 15 is 0 Å². The molecule has 0 unspecified atom stereocenters. The summed E-state index contributed by atoms with van der Waals surface area (Å²) < 4.78 is 0. The summed E-state index contributed by atoms with van der Waals surface area (Å²) >= 11 is 1.63. The van der Waals surface area contributed by atoms with E-state index in [0.717, 1.165) is 10.7 Å². The lowest BCUT2D eigenvalue weighted by Gasteiger charge is -2.05. The molecule has 13 heavy (non-hydrogen) atoms. The van der Waals surface area contributed by atoms with Gasteiger partial charge in [0.2, 0.25) is 5.96 Å². The minimum Gasteiger partial charge on any atom is -0.350 e. The van der Waals surface area contributed by atoms with Gasteiger partial charge in [0.05, 0.1) is 17.2 Å². The van der Waals surface area contributed by atoms with Crippen molar-refractivity contribution in [1.82, 2.24) is 15.7 Å². The summed E-state index contributed by atoms with van der Waals surface area (Å²) in [5, 5.41) is 6.08. The van der Waals surface area contributed by atoms with Gasteiger partial charge < -0.3 is 5.32 Å². The number of guanidine groups is 1. The molecule has 0 aromatic carbocycles. The maximum atomic E-state index is 5.19. The van der Waals surface area contributed by atoms with E-state index in [-0.39, 0.29) is 0 Å². The highest BCUT2D eigenvalue weighted by Crippen LogP contribution is 2.06. The topological polar surface area (TPSA) is 75.3 Å². The minimum absolute atomic E-state index is 0.561. The molecular formula is C7H13N5S. The van der Waals surface area contributed by atoms with Crippen LogP contribution in [0.2, 0.25) is 0 Å². The molecule has 0 aliphatic carbocycles. The third kappa shape index (κ3) is 3.00. The molecule has 1 rings (SSSR count). The number of aromatic nitrogens is 1. The Morgan fingerprint density at radius 2 is 2.54 bits per heavy atom. The molecule has 0 spiro atoms. The molecule has 0 bridgehead atoms. The zero-order chi connectivity index (χ0) is 9.68. The summed E-state index contributed by atoms with van der Waals surface area (Å²) in [6.45, 7) is 2.62. The number of hydrogen-bond donors (Lipinski definition) is 3. The zero-order valence-electron chi connectivity index (χ0n) is 7.66. The van der Waals surface area contributed by atoms with E-state index in [9.17, 15) is 0 Å². The van der Waals surface area contributed by atoms with Crippen molar-refractivity contribution in [3.8, 4) is 0 Å². The van der Waals surface area contributed by atoms with Crippen LogP contribution in [0.1, 0.15) is 10.7 Å². The lowest BCUT2D eigenvalue weighted by atomic mass is 10.5. The molecule has 0 atom stereocenters. The first-order valence-corrected chi connectivity index (χ1v) is 4.72. The molecule has 0 saturated heterocycles. The highest BCUT2D eigenvalue weighted by atomic mass is 32.1. The first-order chi connectivity index (χ1) is 6.26. The van der Waals surface area contributed by atoms with Crippen LogP contribution < -0.4 is 16.6 Å². The number of nitrogens with one attached hydrogen (secondary N) is 2. The van der Waals surface area contributed by atoms with Gasteiger partial charge in [0.1, 0.15) is 0 Å². The number of hydrazine groups is 1. The second-order valence-electron chi connectivity index (χ2n) is 2.43. The minimum atomic E-state index is 0.561. The van der Waals surface area contributed by atoms with Crippen LogP contribution in [-0.4, -0.2) is 18.0 Å². The lowest BCUT2D eigenvalue weighted by Crippen LogP contribution is -2.41. The molecule has 5 nitrogen and oxygen atoms in total. The van der Waals surface area contributed by atoms with E-state index in [1.807, 2.05) is 12.3 Å². The van der Waals surface area contributed by atoms with Crippen LogP contribution >= 0.6 is 11.3 Å². The Hall–Kier alpha value is -1.14. The summed E-state index contributed by atoms with van der Waals surface area (Å²) in [4.78, 5) is 8.16. The maximum Gasteiger partial charge on any atom is 0.205 e. The molecule has 0 aliphatic heterocycles. The zero-order valence-corrected chi connectivity index (χ0v) is 8.48. The summed E-state index contributed by atoms with van der Waals surface area (Å²) in [7, 11) is 1.66. The fraction of sp³-hybridized carbons (Fsp3) is 0.429. The summed E-state index contributed by atoms with van der Waals surface area (Å²) in [5.41, 5.74) is 3.44. The Balaban J connectivity index is 2.43. The molecule has 0 aliphatic rings. The predicted octanol–water partition coefficient (Wildman–Crippen LogP) is -0.00978. The predicted molar refractivity (Wildman–Crippen MR) is 54.4 cm³/mol. The molecule has 0 saturated carbocycles. The highest BCUT2D eigenvalue weighted by molar-refractivity contribution is 7.09. The van der Waals surface area contributed by atoms with Crippen LogP contribution in [0.25, 0.3) is 0 Å². The van der Waals surface area contributed by atoms with Crippen molar-refractivity contribution in [3.63, 3.8) is 0 Å². The quantitative estimate of drug-likeness (QED) is 0.271. The Kier molecular flexibility index (Phi) is 3.66. The Morgan fingerprint density at radius 3 is 3.00 bits per heavy atom. The molecular weight excluding hydrogens is 186 g/mol. The van der Waals surface area contributed by atoms with Gasteiger partial charge in [-0.1, -0.05) is 0 Å². The molecule has 72 valence electrons. The molecule has 0 amide bonds. The summed E-state index contributed by atoms with van der Waals surface area (Å²) in [5.74, 6) is 5.75. The lowest BCUT2D eigenvalue weighted by molar-refractivity contribution is 0.821. The van der Waals surface area contributed by atoms with Crippen LogP contribution in [0, 0.1) is 6.92 Å². The highest BCUT2D eigenvalue weighted by Gasteiger charge is 1.98. The first kappa shape index (κ1) is 9.94. The first-order valence-electron chi connectivity index (χ1n) is 3.84. The van der Waals surface area contributed by atoms with Crippen molar-refractivity contribution in [2.75, 3.05) is 7.05 Å². The van der Waals surface area contributed by atoms with Crippen LogP contribution in [0.4, 0.5) is 0 Å². The van der Waals surface area contributed by atoms with Crippen LogP contribution in [0.3, 0.4) is 0 Å². The van der Waals surface area contributed by atoms with Crippen LogP contribution in [-0.2, 0) is 6.54 Å². The fourth-order valence-electron chi connectivity index (χ4n) is 0.858. The third-order valence-electron chi connectivity index (χ3n) is 1.46. The van der Waals surface area contributed by atoms with E-state index in [2.05, 4.69) is 20.7 Å². The van der Waals surface area contributed by atoms with E-state index in [0.29, 0.717) is 12.5 Å². The van der Waals surface area contributed by atoms with Crippen molar-refractivity contribution in [3.05, 3.63) is 16.1 Å². The van der Waals surface area contributed by atoms with E-state index in [4.69, 9.17) is 5.84 Å². The van der Waals surface area contributed by atoms with Crippen molar-refractivity contribution in [2.24, 2.45) is 10.8 Å². The Bertz CT molecular complexity index is 293. The van der Waals surface area contributed by atoms with E-state index in [1.165, 1.54) is 0 Å². The van der Waals surface area contributed by atoms with Crippen molar-refractivity contribution >= 4 is 17.3 Å². The van der Waals surface area contributed by atoms with Crippen LogP contribution in [0.15, 0.2) is 10.4 Å². The van der Waals surface area contributed by atoms with Gasteiger partial charge in [0.15, 0.2) is 0 Å². The molecule has 4 N–H and O–H groups in total. The average Bonchev–Trinajstić information content (AvgIpc) is 2.53. The monoisotopic (exact) mass is 199 g/mol. The number of hydrogen-bond acceptors (Lipinski definition) is 4. The molecule has 1 aromatic rings.